The van der Waals surface area contributed by atoms with E-state index < -0.39 is 0 Å². The summed E-state index contributed by atoms with van der Waals surface area (Å²) in [5.74, 6) is 2.46. The fourth-order valence-corrected chi connectivity index (χ4v) is 3.32. The van der Waals surface area contributed by atoms with Crippen molar-refractivity contribution in [2.24, 2.45) is 0 Å². The van der Waals surface area contributed by atoms with Crippen molar-refractivity contribution in [1.82, 2.24) is 14.8 Å². The quantitative estimate of drug-likeness (QED) is 0.791. The molecule has 0 spiro atoms. The fraction of sp³-hybridized carbons (Fsp3) is 0.263. The Bertz CT molecular complexity index is 877. The third kappa shape index (κ3) is 2.91. The van der Waals surface area contributed by atoms with E-state index in [0.717, 1.165) is 29.4 Å². The maximum Gasteiger partial charge on any atom is 0.222 e. The number of methoxy groups -OCH3 is 2. The Morgan fingerprint density at radius 2 is 1.68 bits per heavy atom. The van der Waals surface area contributed by atoms with Gasteiger partial charge in [0.2, 0.25) is 5.95 Å². The summed E-state index contributed by atoms with van der Waals surface area (Å²) in [6.45, 7) is 0. The normalized spacial score (nSPS) is 19.0. The molecule has 128 valence electrons. The third-order valence-corrected chi connectivity index (χ3v) is 4.61. The van der Waals surface area contributed by atoms with Gasteiger partial charge in [-0.1, -0.05) is 24.3 Å². The van der Waals surface area contributed by atoms with Crippen LogP contribution in [0.3, 0.4) is 0 Å². The summed E-state index contributed by atoms with van der Waals surface area (Å²) in [6.07, 6.45) is 2.44. The Morgan fingerprint density at radius 3 is 2.40 bits per heavy atom. The predicted molar refractivity (Wildman–Crippen MR) is 95.1 cm³/mol. The highest BCUT2D eigenvalue weighted by atomic mass is 16.5. The maximum absolute atomic E-state index is 5.38. The second kappa shape index (κ2) is 6.47. The molecule has 6 heteroatoms. The van der Waals surface area contributed by atoms with Gasteiger partial charge in [0.1, 0.15) is 17.8 Å². The Hall–Kier alpha value is -3.02. The van der Waals surface area contributed by atoms with E-state index in [2.05, 4.69) is 39.7 Å². The molecule has 2 atom stereocenters. The van der Waals surface area contributed by atoms with Crippen LogP contribution in [0, 0.1) is 0 Å². The lowest BCUT2D eigenvalue weighted by atomic mass is 9.93. The number of rotatable bonds is 4. The molecule has 0 fully saturated rings. The van der Waals surface area contributed by atoms with Gasteiger partial charge in [0.25, 0.3) is 0 Å². The van der Waals surface area contributed by atoms with Crippen LogP contribution in [0.15, 0.2) is 54.9 Å². The summed E-state index contributed by atoms with van der Waals surface area (Å²) in [7, 11) is 3.37. The first-order valence-electron chi connectivity index (χ1n) is 8.22. The summed E-state index contributed by atoms with van der Waals surface area (Å²) < 4.78 is 12.7. The van der Waals surface area contributed by atoms with Crippen molar-refractivity contribution < 1.29 is 9.47 Å². The van der Waals surface area contributed by atoms with Crippen LogP contribution < -0.4 is 14.8 Å². The number of hydrogen-bond acceptors (Lipinski definition) is 5. The van der Waals surface area contributed by atoms with Gasteiger partial charge in [-0.05, 0) is 41.8 Å². The number of fused-ring (bicyclic) bond motifs is 1. The summed E-state index contributed by atoms with van der Waals surface area (Å²) >= 11 is 0. The SMILES string of the molecule is COc1cccc(C2CC(c3cccc(OC)c3)n3ncnc3N2)c1. The molecule has 4 rings (SSSR count). The zero-order valence-electron chi connectivity index (χ0n) is 14.2. The lowest BCUT2D eigenvalue weighted by molar-refractivity contribution is 0.404. The zero-order valence-corrected chi connectivity index (χ0v) is 14.2. The molecule has 0 radical (unpaired) electrons. The molecule has 0 aliphatic carbocycles. The van der Waals surface area contributed by atoms with Crippen molar-refractivity contribution in [3.63, 3.8) is 0 Å². The number of anilines is 1. The van der Waals surface area contributed by atoms with Crippen LogP contribution in [0.5, 0.6) is 11.5 Å². The largest absolute Gasteiger partial charge is 0.497 e. The Kier molecular flexibility index (Phi) is 4.01. The Labute approximate surface area is 146 Å². The highest BCUT2D eigenvalue weighted by Gasteiger charge is 2.30. The molecule has 0 amide bonds. The minimum atomic E-state index is 0.0880. The minimum Gasteiger partial charge on any atom is -0.497 e. The van der Waals surface area contributed by atoms with Gasteiger partial charge in [-0.3, -0.25) is 0 Å². The summed E-state index contributed by atoms with van der Waals surface area (Å²) in [5.41, 5.74) is 2.32. The van der Waals surface area contributed by atoms with Gasteiger partial charge in [-0.25, -0.2) is 4.68 Å². The first kappa shape index (κ1) is 15.5. The van der Waals surface area contributed by atoms with Gasteiger partial charge in [-0.2, -0.15) is 10.1 Å². The first-order valence-corrected chi connectivity index (χ1v) is 8.22. The van der Waals surface area contributed by atoms with Crippen molar-refractivity contribution >= 4 is 5.95 Å². The third-order valence-electron chi connectivity index (χ3n) is 4.61. The van der Waals surface area contributed by atoms with Crippen LogP contribution in [0.1, 0.15) is 29.6 Å². The minimum absolute atomic E-state index is 0.0880. The van der Waals surface area contributed by atoms with Crippen LogP contribution in [0.2, 0.25) is 0 Å². The van der Waals surface area contributed by atoms with Crippen molar-refractivity contribution in [1.29, 1.82) is 0 Å². The highest BCUT2D eigenvalue weighted by Crippen LogP contribution is 2.38. The van der Waals surface area contributed by atoms with E-state index in [-0.39, 0.29) is 12.1 Å². The van der Waals surface area contributed by atoms with Crippen molar-refractivity contribution in [2.75, 3.05) is 19.5 Å². The topological polar surface area (TPSA) is 61.2 Å². The van der Waals surface area contributed by atoms with Crippen LogP contribution in [0.4, 0.5) is 5.95 Å². The van der Waals surface area contributed by atoms with Crippen molar-refractivity contribution in [2.45, 2.75) is 18.5 Å². The molecule has 1 aliphatic heterocycles. The van der Waals surface area contributed by atoms with E-state index in [0.29, 0.717) is 0 Å². The van der Waals surface area contributed by atoms with Crippen LogP contribution in [0.25, 0.3) is 0 Å². The summed E-state index contributed by atoms with van der Waals surface area (Å²) in [5, 5.41) is 7.88. The molecule has 1 N–H and O–H groups in total. The fourth-order valence-electron chi connectivity index (χ4n) is 3.32. The van der Waals surface area contributed by atoms with Gasteiger partial charge in [0.15, 0.2) is 0 Å². The van der Waals surface area contributed by atoms with Gasteiger partial charge in [0.05, 0.1) is 26.3 Å². The van der Waals surface area contributed by atoms with Crippen molar-refractivity contribution in [3.05, 3.63) is 66.0 Å². The lowest BCUT2D eigenvalue weighted by Gasteiger charge is -2.32. The zero-order chi connectivity index (χ0) is 17.2. The van der Waals surface area contributed by atoms with Gasteiger partial charge < -0.3 is 14.8 Å². The number of aromatic nitrogens is 3. The molecular formula is C19H20N4O2. The molecule has 2 heterocycles. The second-order valence-electron chi connectivity index (χ2n) is 6.03. The summed E-state index contributed by atoms with van der Waals surface area (Å²) in [4.78, 5) is 4.37. The van der Waals surface area contributed by atoms with E-state index >= 15 is 0 Å². The number of nitrogens with zero attached hydrogens (tertiary/aromatic N) is 3. The van der Waals surface area contributed by atoms with Crippen molar-refractivity contribution in [3.8, 4) is 11.5 Å². The molecule has 3 aromatic rings. The average Bonchev–Trinajstić information content (AvgIpc) is 3.16. The Morgan fingerprint density at radius 1 is 1.00 bits per heavy atom. The maximum atomic E-state index is 5.38. The molecule has 25 heavy (non-hydrogen) atoms. The molecular weight excluding hydrogens is 316 g/mol. The van der Waals surface area contributed by atoms with Crippen LogP contribution in [-0.4, -0.2) is 29.0 Å². The molecule has 0 saturated heterocycles. The summed E-state index contributed by atoms with van der Waals surface area (Å²) in [6, 6.07) is 16.5. The molecule has 6 nitrogen and oxygen atoms in total. The van der Waals surface area contributed by atoms with Gasteiger partial charge >= 0.3 is 0 Å². The number of hydrogen-bond donors (Lipinski definition) is 1. The van der Waals surface area contributed by atoms with E-state index in [9.17, 15) is 0 Å². The molecule has 2 aromatic carbocycles. The molecule has 1 aromatic heterocycles. The predicted octanol–water partition coefficient (Wildman–Crippen LogP) is 3.44. The smallest absolute Gasteiger partial charge is 0.222 e. The van der Waals surface area contributed by atoms with Crippen LogP contribution >= 0.6 is 0 Å². The van der Waals surface area contributed by atoms with Gasteiger partial charge in [0, 0.05) is 0 Å². The van der Waals surface area contributed by atoms with E-state index in [1.165, 1.54) is 5.56 Å². The molecule has 1 aliphatic rings. The molecule has 0 bridgehead atoms. The molecule has 0 saturated carbocycles. The Balaban J connectivity index is 1.72. The van der Waals surface area contributed by atoms with E-state index in [4.69, 9.17) is 9.47 Å². The number of benzene rings is 2. The molecule has 2 unspecified atom stereocenters. The van der Waals surface area contributed by atoms with E-state index in [1.54, 1.807) is 20.5 Å². The number of ether oxygens (including phenoxy) is 2. The highest BCUT2D eigenvalue weighted by molar-refractivity contribution is 5.41. The standard InChI is InChI=1S/C19H20N4O2/c1-24-15-7-3-5-13(9-15)17-11-18(23-19(22-17)20-12-21-23)14-6-4-8-16(10-14)25-2/h3-10,12,17-18H,11H2,1-2H3,(H,20,21,22). The monoisotopic (exact) mass is 336 g/mol. The first-order chi connectivity index (χ1) is 12.3. The van der Waals surface area contributed by atoms with Crippen LogP contribution in [-0.2, 0) is 0 Å². The lowest BCUT2D eigenvalue weighted by Crippen LogP contribution is -2.28. The second-order valence-corrected chi connectivity index (χ2v) is 6.03. The number of nitrogens with one attached hydrogen (secondary N) is 1. The van der Waals surface area contributed by atoms with E-state index in [1.807, 2.05) is 28.9 Å². The van der Waals surface area contributed by atoms with Gasteiger partial charge in [-0.15, -0.1) is 0 Å². The average molecular weight is 336 g/mol.